The summed E-state index contributed by atoms with van der Waals surface area (Å²) in [4.78, 5) is 7.09. The quantitative estimate of drug-likeness (QED) is 0.523. The third-order valence-electron chi connectivity index (χ3n) is 5.63. The van der Waals surface area contributed by atoms with Crippen LogP contribution in [-0.4, -0.2) is 41.7 Å². The number of hydrogen-bond acceptors (Lipinski definition) is 5. The van der Waals surface area contributed by atoms with E-state index in [2.05, 4.69) is 51.6 Å². The molecule has 0 amide bonds. The van der Waals surface area contributed by atoms with Gasteiger partial charge in [-0.2, -0.15) is 0 Å². The molecule has 0 bridgehead atoms. The number of pyridine rings is 1. The molecule has 5 heteroatoms. The highest BCUT2D eigenvalue weighted by Gasteiger charge is 2.20. The Balaban J connectivity index is 1.32. The molecule has 164 valence electrons. The van der Waals surface area contributed by atoms with Crippen LogP contribution in [-0.2, 0) is 6.54 Å². The summed E-state index contributed by atoms with van der Waals surface area (Å²) < 4.78 is 11.7. The number of piperidine rings is 1. The number of anilines is 1. The number of aromatic nitrogens is 1. The number of likely N-dealkylation sites (tertiary alicyclic amines) is 1. The first kappa shape index (κ1) is 21.4. The summed E-state index contributed by atoms with van der Waals surface area (Å²) in [5.41, 5.74) is 3.42. The Kier molecular flexibility index (Phi) is 6.92. The van der Waals surface area contributed by atoms with Gasteiger partial charge in [0, 0.05) is 31.1 Å². The summed E-state index contributed by atoms with van der Waals surface area (Å²) in [6.45, 7) is 9.81. The Hall–Kier alpha value is -2.79. The van der Waals surface area contributed by atoms with Crippen molar-refractivity contribution >= 4 is 16.6 Å². The second kappa shape index (κ2) is 10.0. The van der Waals surface area contributed by atoms with Crippen LogP contribution < -0.4 is 14.8 Å². The van der Waals surface area contributed by atoms with Crippen LogP contribution in [0.4, 0.5) is 5.69 Å². The van der Waals surface area contributed by atoms with E-state index in [1.807, 2.05) is 39.1 Å². The van der Waals surface area contributed by atoms with Crippen LogP contribution in [0.5, 0.6) is 11.5 Å². The summed E-state index contributed by atoms with van der Waals surface area (Å²) in [6.07, 6.45) is 4.33. The number of nitrogens with zero attached hydrogens (tertiary/aromatic N) is 2. The SMILES string of the molecule is CCOc1cc(CN2CCC(Nc3cnc4ccccc4c3)CC2)ccc1OC(C)C. The summed E-state index contributed by atoms with van der Waals surface area (Å²) in [7, 11) is 0. The highest BCUT2D eigenvalue weighted by atomic mass is 16.5. The monoisotopic (exact) mass is 419 g/mol. The normalized spacial score (nSPS) is 15.4. The third-order valence-corrected chi connectivity index (χ3v) is 5.63. The first-order chi connectivity index (χ1) is 15.1. The van der Waals surface area contributed by atoms with Crippen LogP contribution in [0.25, 0.3) is 10.9 Å². The zero-order chi connectivity index (χ0) is 21.6. The molecule has 5 nitrogen and oxygen atoms in total. The molecular weight excluding hydrogens is 386 g/mol. The molecule has 1 fully saturated rings. The molecule has 1 saturated heterocycles. The second-order valence-electron chi connectivity index (χ2n) is 8.49. The Labute approximate surface area is 185 Å². The number of benzene rings is 2. The molecule has 1 aliphatic rings. The molecule has 0 saturated carbocycles. The minimum atomic E-state index is 0.134. The maximum atomic E-state index is 5.89. The van der Waals surface area contributed by atoms with E-state index >= 15 is 0 Å². The minimum Gasteiger partial charge on any atom is -0.490 e. The second-order valence-corrected chi connectivity index (χ2v) is 8.49. The molecule has 0 atom stereocenters. The van der Waals surface area contributed by atoms with Gasteiger partial charge in [0.1, 0.15) is 0 Å². The van der Waals surface area contributed by atoms with Gasteiger partial charge >= 0.3 is 0 Å². The lowest BCUT2D eigenvalue weighted by Crippen LogP contribution is -2.38. The maximum Gasteiger partial charge on any atom is 0.161 e. The lowest BCUT2D eigenvalue weighted by Gasteiger charge is -2.33. The van der Waals surface area contributed by atoms with Crippen molar-refractivity contribution in [2.45, 2.75) is 52.3 Å². The number of para-hydroxylation sites is 1. The van der Waals surface area contributed by atoms with Gasteiger partial charge < -0.3 is 14.8 Å². The predicted octanol–water partition coefficient (Wildman–Crippen LogP) is 5.50. The van der Waals surface area contributed by atoms with E-state index in [4.69, 9.17) is 9.47 Å². The fourth-order valence-corrected chi connectivity index (χ4v) is 4.15. The van der Waals surface area contributed by atoms with E-state index in [-0.39, 0.29) is 6.10 Å². The highest BCUT2D eigenvalue weighted by molar-refractivity contribution is 5.81. The number of nitrogens with one attached hydrogen (secondary N) is 1. The van der Waals surface area contributed by atoms with Crippen molar-refractivity contribution in [2.24, 2.45) is 0 Å². The molecule has 4 rings (SSSR count). The Morgan fingerprint density at radius 2 is 1.87 bits per heavy atom. The van der Waals surface area contributed by atoms with E-state index in [0.717, 1.165) is 55.2 Å². The third kappa shape index (κ3) is 5.67. The number of rotatable bonds is 8. The zero-order valence-electron chi connectivity index (χ0n) is 18.8. The molecule has 0 radical (unpaired) electrons. The van der Waals surface area contributed by atoms with Gasteiger partial charge in [-0.05, 0) is 63.4 Å². The van der Waals surface area contributed by atoms with Crippen molar-refractivity contribution in [1.29, 1.82) is 0 Å². The van der Waals surface area contributed by atoms with Crippen LogP contribution in [0.1, 0.15) is 39.2 Å². The molecule has 0 aliphatic carbocycles. The molecule has 31 heavy (non-hydrogen) atoms. The summed E-state index contributed by atoms with van der Waals surface area (Å²) in [5.74, 6) is 1.67. The van der Waals surface area contributed by atoms with Crippen molar-refractivity contribution in [1.82, 2.24) is 9.88 Å². The summed E-state index contributed by atoms with van der Waals surface area (Å²) in [5, 5.41) is 4.86. The number of hydrogen-bond donors (Lipinski definition) is 1. The lowest BCUT2D eigenvalue weighted by molar-refractivity contribution is 0.209. The molecular formula is C26H33N3O2. The van der Waals surface area contributed by atoms with Crippen molar-refractivity contribution in [3.05, 3.63) is 60.3 Å². The maximum absolute atomic E-state index is 5.89. The van der Waals surface area contributed by atoms with Crippen molar-refractivity contribution in [3.63, 3.8) is 0 Å². The first-order valence-electron chi connectivity index (χ1n) is 11.4. The average molecular weight is 420 g/mol. The number of ether oxygens (including phenoxy) is 2. The van der Waals surface area contributed by atoms with Gasteiger partial charge in [0.2, 0.25) is 0 Å². The Bertz CT molecular complexity index is 997. The molecule has 0 spiro atoms. The van der Waals surface area contributed by atoms with Gasteiger partial charge in [-0.15, -0.1) is 0 Å². The molecule has 2 heterocycles. The topological polar surface area (TPSA) is 46.6 Å². The fraction of sp³-hybridized carbons (Fsp3) is 0.423. The zero-order valence-corrected chi connectivity index (χ0v) is 18.8. The van der Waals surface area contributed by atoms with Gasteiger partial charge in [0.25, 0.3) is 0 Å². The minimum absolute atomic E-state index is 0.134. The molecule has 0 unspecified atom stereocenters. The largest absolute Gasteiger partial charge is 0.490 e. The van der Waals surface area contributed by atoms with E-state index in [0.29, 0.717) is 12.6 Å². The molecule has 3 aromatic rings. The average Bonchev–Trinajstić information content (AvgIpc) is 2.77. The van der Waals surface area contributed by atoms with Gasteiger partial charge in [-0.3, -0.25) is 9.88 Å². The molecule has 1 N–H and O–H groups in total. The van der Waals surface area contributed by atoms with E-state index in [1.165, 1.54) is 10.9 Å². The standard InChI is InChI=1S/C26H33N3O2/c1-4-30-26-15-20(9-10-25(26)31-19(2)3)18-29-13-11-22(12-14-29)28-23-16-21-7-5-6-8-24(21)27-17-23/h5-10,15-17,19,22,28H,4,11-14,18H2,1-3H3. The molecule has 1 aromatic heterocycles. The van der Waals surface area contributed by atoms with E-state index in [9.17, 15) is 0 Å². The van der Waals surface area contributed by atoms with Gasteiger partial charge in [-0.25, -0.2) is 0 Å². The van der Waals surface area contributed by atoms with Crippen LogP contribution >= 0.6 is 0 Å². The van der Waals surface area contributed by atoms with Gasteiger partial charge in [0.15, 0.2) is 11.5 Å². The lowest BCUT2D eigenvalue weighted by atomic mass is 10.0. The summed E-state index contributed by atoms with van der Waals surface area (Å²) in [6, 6.07) is 17.3. The van der Waals surface area contributed by atoms with Crippen molar-refractivity contribution in [2.75, 3.05) is 25.0 Å². The van der Waals surface area contributed by atoms with Crippen LogP contribution in [0, 0.1) is 0 Å². The van der Waals surface area contributed by atoms with Crippen molar-refractivity contribution in [3.8, 4) is 11.5 Å². The van der Waals surface area contributed by atoms with E-state index in [1.54, 1.807) is 0 Å². The van der Waals surface area contributed by atoms with Crippen LogP contribution in [0.3, 0.4) is 0 Å². The van der Waals surface area contributed by atoms with Crippen LogP contribution in [0.2, 0.25) is 0 Å². The number of fused-ring (bicyclic) bond motifs is 1. The highest BCUT2D eigenvalue weighted by Crippen LogP contribution is 2.30. The van der Waals surface area contributed by atoms with Gasteiger partial charge in [0.05, 0.1) is 30.1 Å². The smallest absolute Gasteiger partial charge is 0.161 e. The van der Waals surface area contributed by atoms with Crippen molar-refractivity contribution < 1.29 is 9.47 Å². The van der Waals surface area contributed by atoms with Gasteiger partial charge in [-0.1, -0.05) is 24.3 Å². The molecule has 1 aliphatic heterocycles. The molecule has 2 aromatic carbocycles. The fourth-order valence-electron chi connectivity index (χ4n) is 4.15. The van der Waals surface area contributed by atoms with E-state index < -0.39 is 0 Å². The summed E-state index contributed by atoms with van der Waals surface area (Å²) >= 11 is 0. The van der Waals surface area contributed by atoms with Crippen LogP contribution in [0.15, 0.2) is 54.7 Å². The first-order valence-corrected chi connectivity index (χ1v) is 11.4. The Morgan fingerprint density at radius 1 is 1.06 bits per heavy atom. The predicted molar refractivity (Wildman–Crippen MR) is 127 cm³/mol. The Morgan fingerprint density at radius 3 is 2.65 bits per heavy atom.